The molecule has 0 fully saturated rings. The third-order valence-electron chi connectivity index (χ3n) is 3.03. The van der Waals surface area contributed by atoms with Gasteiger partial charge >= 0.3 is 0 Å². The zero-order chi connectivity index (χ0) is 14.7. The number of hydrogen-bond donors (Lipinski definition) is 0. The fourth-order valence-electron chi connectivity index (χ4n) is 1.76. The molecule has 0 heterocycles. The van der Waals surface area contributed by atoms with Crippen LogP contribution in [0.3, 0.4) is 0 Å². The van der Waals surface area contributed by atoms with E-state index >= 15 is 0 Å². The molecule has 0 aromatic heterocycles. The molecular formula is C16H14Cl2O2. The van der Waals surface area contributed by atoms with E-state index in [0.29, 0.717) is 21.4 Å². The molecule has 0 unspecified atom stereocenters. The summed E-state index contributed by atoms with van der Waals surface area (Å²) in [5.74, 6) is 0.406. The van der Waals surface area contributed by atoms with E-state index < -0.39 is 0 Å². The number of rotatable bonds is 4. The molecule has 4 heteroatoms. The summed E-state index contributed by atoms with van der Waals surface area (Å²) < 4.78 is 5.44. The van der Waals surface area contributed by atoms with Crippen molar-refractivity contribution in [3.05, 3.63) is 63.1 Å². The summed E-state index contributed by atoms with van der Waals surface area (Å²) in [5.41, 5.74) is 2.88. The van der Waals surface area contributed by atoms with Gasteiger partial charge in [0, 0.05) is 15.6 Å². The lowest BCUT2D eigenvalue weighted by molar-refractivity contribution is 0.0921. The smallest absolute Gasteiger partial charge is 0.200 e. The van der Waals surface area contributed by atoms with E-state index in [4.69, 9.17) is 27.9 Å². The first kappa shape index (κ1) is 14.9. The molecule has 20 heavy (non-hydrogen) atoms. The molecule has 0 amide bonds. The van der Waals surface area contributed by atoms with Gasteiger partial charge in [0.1, 0.15) is 5.75 Å². The molecule has 0 saturated carbocycles. The van der Waals surface area contributed by atoms with E-state index in [9.17, 15) is 4.79 Å². The molecule has 2 aromatic carbocycles. The van der Waals surface area contributed by atoms with Gasteiger partial charge in [0.2, 0.25) is 0 Å². The predicted octanol–water partition coefficient (Wildman–Crippen LogP) is 4.87. The van der Waals surface area contributed by atoms with Crippen LogP contribution in [-0.4, -0.2) is 12.4 Å². The molecule has 0 N–H and O–H groups in total. The fraction of sp³-hybridized carbons (Fsp3) is 0.188. The zero-order valence-corrected chi connectivity index (χ0v) is 12.8. The maximum Gasteiger partial charge on any atom is 0.200 e. The fourth-order valence-corrected chi connectivity index (χ4v) is 2.26. The number of carbonyl (C=O) groups is 1. The molecule has 0 saturated heterocycles. The van der Waals surface area contributed by atoms with Crippen LogP contribution in [0.25, 0.3) is 0 Å². The van der Waals surface area contributed by atoms with Crippen LogP contribution < -0.4 is 4.74 Å². The molecule has 0 atom stereocenters. The lowest BCUT2D eigenvalue weighted by atomic mass is 10.0. The van der Waals surface area contributed by atoms with Gasteiger partial charge in [0.05, 0.1) is 0 Å². The standard InChI is InChI=1S/C16H14Cl2O2/c1-10-3-4-12(5-11(10)2)16(19)9-20-15-7-13(17)6-14(18)8-15/h3-8H,9H2,1-2H3. The van der Waals surface area contributed by atoms with Crippen molar-refractivity contribution in [2.45, 2.75) is 13.8 Å². The van der Waals surface area contributed by atoms with Crippen molar-refractivity contribution in [3.8, 4) is 5.75 Å². The van der Waals surface area contributed by atoms with E-state index in [-0.39, 0.29) is 12.4 Å². The molecule has 2 rings (SSSR count). The lowest BCUT2D eigenvalue weighted by Crippen LogP contribution is -2.11. The van der Waals surface area contributed by atoms with Crippen LogP contribution in [0, 0.1) is 13.8 Å². The van der Waals surface area contributed by atoms with Crippen LogP contribution in [0.2, 0.25) is 10.0 Å². The van der Waals surface area contributed by atoms with Crippen molar-refractivity contribution in [2.24, 2.45) is 0 Å². The molecule has 0 bridgehead atoms. The molecule has 0 radical (unpaired) electrons. The molecule has 0 spiro atoms. The van der Waals surface area contributed by atoms with Crippen LogP contribution in [0.1, 0.15) is 21.5 Å². The Morgan fingerprint density at radius 3 is 2.25 bits per heavy atom. The van der Waals surface area contributed by atoms with E-state index in [2.05, 4.69) is 0 Å². The number of benzene rings is 2. The van der Waals surface area contributed by atoms with Crippen LogP contribution >= 0.6 is 23.2 Å². The van der Waals surface area contributed by atoms with Crippen molar-refractivity contribution in [1.82, 2.24) is 0 Å². The quantitative estimate of drug-likeness (QED) is 0.753. The first-order valence-electron chi connectivity index (χ1n) is 6.15. The molecule has 2 nitrogen and oxygen atoms in total. The Hall–Kier alpha value is -1.51. The monoisotopic (exact) mass is 308 g/mol. The predicted molar refractivity (Wildman–Crippen MR) is 82.2 cm³/mol. The number of hydrogen-bond acceptors (Lipinski definition) is 2. The lowest BCUT2D eigenvalue weighted by Gasteiger charge is -2.08. The van der Waals surface area contributed by atoms with Crippen LogP contribution in [0.5, 0.6) is 5.75 Å². The summed E-state index contributed by atoms with van der Waals surface area (Å²) in [6.07, 6.45) is 0. The Bertz CT molecular complexity index is 631. The van der Waals surface area contributed by atoms with Crippen molar-refractivity contribution in [3.63, 3.8) is 0 Å². The van der Waals surface area contributed by atoms with Gasteiger partial charge in [-0.3, -0.25) is 4.79 Å². The minimum absolute atomic E-state index is 0.0425. The van der Waals surface area contributed by atoms with Crippen molar-refractivity contribution < 1.29 is 9.53 Å². The van der Waals surface area contributed by atoms with Gasteiger partial charge in [-0.05, 0) is 49.2 Å². The van der Waals surface area contributed by atoms with E-state index in [1.165, 1.54) is 0 Å². The summed E-state index contributed by atoms with van der Waals surface area (Å²) in [6.45, 7) is 3.94. The minimum Gasteiger partial charge on any atom is -0.485 e. The Morgan fingerprint density at radius 1 is 1.00 bits per heavy atom. The molecular weight excluding hydrogens is 295 g/mol. The number of carbonyl (C=O) groups excluding carboxylic acids is 1. The third-order valence-corrected chi connectivity index (χ3v) is 3.47. The van der Waals surface area contributed by atoms with Gasteiger partial charge in [-0.1, -0.05) is 35.3 Å². The highest BCUT2D eigenvalue weighted by Crippen LogP contribution is 2.24. The normalized spacial score (nSPS) is 10.4. The molecule has 104 valence electrons. The maximum absolute atomic E-state index is 12.1. The highest BCUT2D eigenvalue weighted by atomic mass is 35.5. The highest BCUT2D eigenvalue weighted by molar-refractivity contribution is 6.34. The van der Waals surface area contributed by atoms with Crippen LogP contribution in [0.4, 0.5) is 0 Å². The first-order valence-corrected chi connectivity index (χ1v) is 6.90. The minimum atomic E-state index is -0.0794. The summed E-state index contributed by atoms with van der Waals surface area (Å²) in [4.78, 5) is 12.1. The number of ether oxygens (including phenoxy) is 1. The molecule has 0 aliphatic carbocycles. The summed E-state index contributed by atoms with van der Waals surface area (Å²) in [5, 5.41) is 0.956. The average Bonchev–Trinajstić information content (AvgIpc) is 2.38. The van der Waals surface area contributed by atoms with E-state index in [1.54, 1.807) is 24.3 Å². The second-order valence-corrected chi connectivity index (χ2v) is 5.49. The van der Waals surface area contributed by atoms with Gasteiger partial charge in [0.25, 0.3) is 0 Å². The SMILES string of the molecule is Cc1ccc(C(=O)COc2cc(Cl)cc(Cl)c2)cc1C. The molecule has 0 aliphatic heterocycles. The second-order valence-electron chi connectivity index (χ2n) is 4.62. The van der Waals surface area contributed by atoms with Gasteiger partial charge in [-0.15, -0.1) is 0 Å². The summed E-state index contributed by atoms with van der Waals surface area (Å²) in [6, 6.07) is 10.5. The Labute approximate surface area is 128 Å². The average molecular weight is 309 g/mol. The Morgan fingerprint density at radius 2 is 1.65 bits per heavy atom. The zero-order valence-electron chi connectivity index (χ0n) is 11.2. The molecule has 2 aromatic rings. The topological polar surface area (TPSA) is 26.3 Å². The van der Waals surface area contributed by atoms with Gasteiger partial charge in [0.15, 0.2) is 12.4 Å². The van der Waals surface area contributed by atoms with Crippen LogP contribution in [-0.2, 0) is 0 Å². The second kappa shape index (κ2) is 6.29. The Balaban J connectivity index is 2.06. The molecule has 0 aliphatic rings. The Kier molecular flexibility index (Phi) is 4.69. The first-order chi connectivity index (χ1) is 9.45. The van der Waals surface area contributed by atoms with E-state index in [0.717, 1.165) is 11.1 Å². The van der Waals surface area contributed by atoms with Gasteiger partial charge in [-0.2, -0.15) is 0 Å². The van der Waals surface area contributed by atoms with Crippen molar-refractivity contribution in [2.75, 3.05) is 6.61 Å². The number of halogens is 2. The highest BCUT2D eigenvalue weighted by Gasteiger charge is 2.08. The summed E-state index contributed by atoms with van der Waals surface area (Å²) >= 11 is 11.7. The number of aryl methyl sites for hydroxylation is 2. The largest absolute Gasteiger partial charge is 0.485 e. The van der Waals surface area contributed by atoms with Gasteiger partial charge < -0.3 is 4.74 Å². The number of ketones is 1. The van der Waals surface area contributed by atoms with Gasteiger partial charge in [-0.25, -0.2) is 0 Å². The van der Waals surface area contributed by atoms with Crippen LogP contribution in [0.15, 0.2) is 36.4 Å². The third kappa shape index (κ3) is 3.75. The van der Waals surface area contributed by atoms with Crippen molar-refractivity contribution in [1.29, 1.82) is 0 Å². The van der Waals surface area contributed by atoms with Crippen molar-refractivity contribution >= 4 is 29.0 Å². The maximum atomic E-state index is 12.1. The number of Topliss-reactive ketones (excluding diaryl/α,β-unsaturated/α-hetero) is 1. The van der Waals surface area contributed by atoms with E-state index in [1.807, 2.05) is 26.0 Å². The summed E-state index contributed by atoms with van der Waals surface area (Å²) in [7, 11) is 0.